The van der Waals surface area contributed by atoms with Gasteiger partial charge in [-0.3, -0.25) is 9.78 Å². The number of carbonyl (C=O) groups excluding carboxylic acids is 1. The molecule has 23 heavy (non-hydrogen) atoms. The molecule has 4 heteroatoms. The van der Waals surface area contributed by atoms with Crippen LogP contribution in [0.15, 0.2) is 66.2 Å². The number of hydrogen-bond acceptors (Lipinski definition) is 3. The predicted octanol–water partition coefficient (Wildman–Crippen LogP) is 4.23. The zero-order valence-corrected chi connectivity index (χ0v) is 13.8. The first kappa shape index (κ1) is 15.4. The van der Waals surface area contributed by atoms with E-state index >= 15 is 0 Å². The summed E-state index contributed by atoms with van der Waals surface area (Å²) in [7, 11) is 0. The molecule has 1 aromatic heterocycles. The molecule has 0 saturated heterocycles. The lowest BCUT2D eigenvalue weighted by atomic mass is 10.1. The summed E-state index contributed by atoms with van der Waals surface area (Å²) in [6.45, 7) is 2.65. The first-order valence-electron chi connectivity index (χ1n) is 7.52. The smallest absolute Gasteiger partial charge is 0.231 e. The van der Waals surface area contributed by atoms with E-state index in [0.717, 1.165) is 21.8 Å². The van der Waals surface area contributed by atoms with Crippen LogP contribution in [0.3, 0.4) is 0 Å². The molecule has 0 atom stereocenters. The molecule has 0 fully saturated rings. The summed E-state index contributed by atoms with van der Waals surface area (Å²) in [6, 6.07) is 18.1. The molecule has 116 valence electrons. The maximum atomic E-state index is 12.0. The van der Waals surface area contributed by atoms with Crippen LogP contribution >= 0.6 is 11.3 Å². The minimum absolute atomic E-state index is 0.190. The average molecular weight is 322 g/mol. The van der Waals surface area contributed by atoms with Gasteiger partial charge in [0.25, 0.3) is 0 Å². The molecule has 0 bridgehead atoms. The van der Waals surface area contributed by atoms with E-state index in [1.165, 1.54) is 0 Å². The van der Waals surface area contributed by atoms with Crippen molar-refractivity contribution in [3.63, 3.8) is 0 Å². The lowest BCUT2D eigenvalue weighted by molar-refractivity contribution is -0.117. The number of fused-ring (bicyclic) bond motifs is 1. The summed E-state index contributed by atoms with van der Waals surface area (Å²) in [5.74, 6) is 0.190. The summed E-state index contributed by atoms with van der Waals surface area (Å²) < 4.78 is 0. The second-order valence-corrected chi connectivity index (χ2v) is 6.42. The van der Waals surface area contributed by atoms with Crippen LogP contribution in [0.4, 0.5) is 5.69 Å². The minimum atomic E-state index is 0.190. The Labute approximate surface area is 140 Å². The highest BCUT2D eigenvalue weighted by Gasteiger charge is 2.26. The van der Waals surface area contributed by atoms with E-state index in [4.69, 9.17) is 0 Å². The molecule has 3 aromatic rings. The lowest BCUT2D eigenvalue weighted by Gasteiger charge is -2.17. The molecule has 0 N–H and O–H groups in total. The Bertz CT molecular complexity index is 769. The van der Waals surface area contributed by atoms with Crippen molar-refractivity contribution in [2.75, 3.05) is 4.90 Å². The molecule has 0 spiro atoms. The first-order chi connectivity index (χ1) is 11.2. The van der Waals surface area contributed by atoms with Gasteiger partial charge in [-0.1, -0.05) is 48.5 Å². The molecule has 0 radical (unpaired) electrons. The zero-order chi connectivity index (χ0) is 16.1. The summed E-state index contributed by atoms with van der Waals surface area (Å²) >= 11 is 1.67. The maximum Gasteiger partial charge on any atom is 0.231 e. The number of carbonyl (C=O) groups is 1. The van der Waals surface area contributed by atoms with E-state index in [-0.39, 0.29) is 5.91 Å². The molecular weight excluding hydrogens is 304 g/mol. The van der Waals surface area contributed by atoms with Crippen molar-refractivity contribution in [2.24, 2.45) is 0 Å². The second-order valence-electron chi connectivity index (χ2n) is 5.32. The largest absolute Gasteiger partial charge is 0.307 e. The van der Waals surface area contributed by atoms with Gasteiger partial charge in [-0.25, -0.2) is 0 Å². The molecule has 4 rings (SSSR count). The summed E-state index contributed by atoms with van der Waals surface area (Å²) in [5.41, 5.74) is 3.35. The van der Waals surface area contributed by atoms with Crippen LogP contribution in [0.25, 0.3) is 0 Å². The van der Waals surface area contributed by atoms with Crippen LogP contribution in [0.2, 0.25) is 0 Å². The number of thiazole rings is 1. The number of aromatic nitrogens is 1. The molecule has 0 unspecified atom stereocenters. The third-order valence-corrected chi connectivity index (χ3v) is 4.37. The van der Waals surface area contributed by atoms with E-state index < -0.39 is 0 Å². The quantitative estimate of drug-likeness (QED) is 0.707. The van der Waals surface area contributed by atoms with Gasteiger partial charge in [0.1, 0.15) is 0 Å². The van der Waals surface area contributed by atoms with E-state index in [1.54, 1.807) is 17.5 Å². The van der Waals surface area contributed by atoms with E-state index in [2.05, 4.69) is 4.98 Å². The van der Waals surface area contributed by atoms with Crippen molar-refractivity contribution in [1.29, 1.82) is 0 Å². The molecule has 1 aliphatic heterocycles. The van der Waals surface area contributed by atoms with Crippen LogP contribution < -0.4 is 4.90 Å². The van der Waals surface area contributed by atoms with Gasteiger partial charge < -0.3 is 4.90 Å². The fraction of sp³-hybridized carbons (Fsp3) is 0.158. The van der Waals surface area contributed by atoms with Crippen molar-refractivity contribution in [3.8, 4) is 0 Å². The molecule has 2 aromatic carbocycles. The van der Waals surface area contributed by atoms with Gasteiger partial charge in [-0.15, -0.1) is 11.3 Å². The lowest BCUT2D eigenvalue weighted by Crippen LogP contribution is -2.25. The van der Waals surface area contributed by atoms with Crippen LogP contribution in [-0.4, -0.2) is 10.9 Å². The van der Waals surface area contributed by atoms with Crippen molar-refractivity contribution in [1.82, 2.24) is 4.98 Å². The van der Waals surface area contributed by atoms with Gasteiger partial charge >= 0.3 is 0 Å². The van der Waals surface area contributed by atoms with Gasteiger partial charge in [0.2, 0.25) is 5.91 Å². The normalized spacial score (nSPS) is 12.6. The van der Waals surface area contributed by atoms with Crippen molar-refractivity contribution >= 4 is 22.9 Å². The Morgan fingerprint density at radius 1 is 1.09 bits per heavy atom. The number of hydrogen-bond donors (Lipinski definition) is 0. The maximum absolute atomic E-state index is 12.0. The Morgan fingerprint density at radius 3 is 2.48 bits per heavy atom. The molecular formula is C19H18N2OS. The number of amides is 1. The number of nitrogens with zero attached hydrogens (tertiary/aromatic N) is 2. The first-order valence-corrected chi connectivity index (χ1v) is 8.40. The molecule has 3 nitrogen and oxygen atoms in total. The topological polar surface area (TPSA) is 33.2 Å². The third kappa shape index (κ3) is 3.85. The Kier molecular flexibility index (Phi) is 4.83. The highest BCUT2D eigenvalue weighted by atomic mass is 32.1. The second kappa shape index (κ2) is 7.20. The Balaban J connectivity index is 0.000000220. The van der Waals surface area contributed by atoms with E-state index in [0.29, 0.717) is 13.0 Å². The van der Waals surface area contributed by atoms with Crippen molar-refractivity contribution < 1.29 is 4.79 Å². The predicted molar refractivity (Wildman–Crippen MR) is 94.6 cm³/mol. The van der Waals surface area contributed by atoms with Crippen molar-refractivity contribution in [2.45, 2.75) is 19.9 Å². The average Bonchev–Trinajstić information content (AvgIpc) is 3.17. The molecule has 2 heterocycles. The minimum Gasteiger partial charge on any atom is -0.307 e. The number of anilines is 1. The van der Waals surface area contributed by atoms with Crippen LogP contribution in [0.5, 0.6) is 0 Å². The Hall–Kier alpha value is -2.46. The Morgan fingerprint density at radius 2 is 1.83 bits per heavy atom. The number of benzene rings is 2. The molecule has 0 aliphatic carbocycles. The fourth-order valence-electron chi connectivity index (χ4n) is 2.55. The van der Waals surface area contributed by atoms with Crippen LogP contribution in [-0.2, 0) is 17.8 Å². The van der Waals surface area contributed by atoms with Crippen LogP contribution in [0, 0.1) is 6.92 Å². The van der Waals surface area contributed by atoms with Gasteiger partial charge in [0.05, 0.1) is 18.0 Å². The highest BCUT2D eigenvalue weighted by Crippen LogP contribution is 2.29. The highest BCUT2D eigenvalue weighted by molar-refractivity contribution is 7.09. The van der Waals surface area contributed by atoms with E-state index in [9.17, 15) is 4.79 Å². The van der Waals surface area contributed by atoms with Crippen molar-refractivity contribution in [3.05, 3.63) is 82.3 Å². The van der Waals surface area contributed by atoms with Crippen LogP contribution in [0.1, 0.15) is 16.1 Å². The SMILES string of the molecule is Cc1nccs1.O=C1Cc2ccccc2N1Cc1ccccc1. The van der Waals surface area contributed by atoms with Gasteiger partial charge in [-0.2, -0.15) is 0 Å². The number of para-hydroxylation sites is 1. The molecule has 1 aliphatic rings. The fourth-order valence-corrected chi connectivity index (χ4v) is 2.99. The zero-order valence-electron chi connectivity index (χ0n) is 13.0. The number of rotatable bonds is 2. The summed E-state index contributed by atoms with van der Waals surface area (Å²) in [4.78, 5) is 17.8. The molecule has 1 amide bonds. The van der Waals surface area contributed by atoms with E-state index in [1.807, 2.05) is 71.8 Å². The monoisotopic (exact) mass is 322 g/mol. The van der Waals surface area contributed by atoms with Gasteiger partial charge in [0.15, 0.2) is 0 Å². The summed E-state index contributed by atoms with van der Waals surface area (Å²) in [5, 5.41) is 3.10. The summed E-state index contributed by atoms with van der Waals surface area (Å²) in [6.07, 6.45) is 2.34. The number of aryl methyl sites for hydroxylation is 1. The standard InChI is InChI=1S/C15H13NO.C4H5NS/c17-15-10-13-8-4-5-9-14(13)16(15)11-12-6-2-1-3-7-12;1-4-5-2-3-6-4/h1-9H,10-11H2;2-3H,1H3. The van der Waals surface area contributed by atoms with Gasteiger partial charge in [0, 0.05) is 17.3 Å². The molecule has 0 saturated carbocycles. The van der Waals surface area contributed by atoms with Gasteiger partial charge in [-0.05, 0) is 24.1 Å². The third-order valence-electron chi connectivity index (χ3n) is 3.66.